The molecule has 0 aromatic carbocycles. The summed E-state index contributed by atoms with van der Waals surface area (Å²) in [5.41, 5.74) is -0.991. The fourth-order valence-corrected chi connectivity index (χ4v) is 2.80. The van der Waals surface area contributed by atoms with Crippen molar-refractivity contribution < 1.29 is 24.2 Å². The highest BCUT2D eigenvalue weighted by atomic mass is 16.5. The number of carboxylic acid groups (broad SMARTS) is 1. The van der Waals surface area contributed by atoms with E-state index in [1.54, 1.807) is 6.92 Å². The summed E-state index contributed by atoms with van der Waals surface area (Å²) in [6.07, 6.45) is 4.63. The quantitative estimate of drug-likeness (QED) is 0.577. The van der Waals surface area contributed by atoms with E-state index in [1.165, 1.54) is 6.92 Å². The SMILES string of the molecule is CCOC(=O)C(C)NC(=O)CC1(C(=O)O)CCCCCC1. The van der Waals surface area contributed by atoms with E-state index in [4.69, 9.17) is 4.74 Å². The average Bonchev–Trinajstić information content (AvgIpc) is 2.65. The van der Waals surface area contributed by atoms with E-state index in [9.17, 15) is 19.5 Å². The predicted molar refractivity (Wildman–Crippen MR) is 76.6 cm³/mol. The van der Waals surface area contributed by atoms with Crippen molar-refractivity contribution in [1.29, 1.82) is 0 Å². The van der Waals surface area contributed by atoms with Crippen molar-refractivity contribution in [2.24, 2.45) is 5.41 Å². The molecule has 0 radical (unpaired) electrons. The lowest BCUT2D eigenvalue weighted by Gasteiger charge is -2.27. The van der Waals surface area contributed by atoms with Gasteiger partial charge in [-0.3, -0.25) is 9.59 Å². The molecule has 1 amide bonds. The van der Waals surface area contributed by atoms with Crippen molar-refractivity contribution in [3.05, 3.63) is 0 Å². The maximum absolute atomic E-state index is 12.1. The van der Waals surface area contributed by atoms with Gasteiger partial charge in [0.2, 0.25) is 5.91 Å². The third-order valence-electron chi connectivity index (χ3n) is 4.03. The Bertz CT molecular complexity index is 386. The molecule has 1 unspecified atom stereocenters. The smallest absolute Gasteiger partial charge is 0.328 e. The number of rotatable bonds is 6. The molecule has 0 spiro atoms. The zero-order chi connectivity index (χ0) is 15.9. The van der Waals surface area contributed by atoms with Gasteiger partial charge in [0.25, 0.3) is 0 Å². The average molecular weight is 299 g/mol. The number of aliphatic carboxylic acids is 1. The van der Waals surface area contributed by atoms with Gasteiger partial charge in [-0.1, -0.05) is 25.7 Å². The van der Waals surface area contributed by atoms with Crippen molar-refractivity contribution in [3.63, 3.8) is 0 Å². The van der Waals surface area contributed by atoms with Crippen molar-refractivity contribution in [3.8, 4) is 0 Å². The van der Waals surface area contributed by atoms with E-state index >= 15 is 0 Å². The molecule has 0 aromatic rings. The highest BCUT2D eigenvalue weighted by Gasteiger charge is 2.40. The molecule has 1 aliphatic carbocycles. The Morgan fingerprint density at radius 1 is 1.19 bits per heavy atom. The maximum atomic E-state index is 12.1. The van der Waals surface area contributed by atoms with Crippen LogP contribution in [0.2, 0.25) is 0 Å². The number of carbonyl (C=O) groups is 3. The van der Waals surface area contributed by atoms with Crippen LogP contribution in [0.4, 0.5) is 0 Å². The van der Waals surface area contributed by atoms with Gasteiger partial charge in [-0.25, -0.2) is 4.79 Å². The lowest BCUT2D eigenvalue weighted by Crippen LogP contribution is -2.43. The number of ether oxygens (including phenoxy) is 1. The van der Waals surface area contributed by atoms with Gasteiger partial charge in [0.15, 0.2) is 0 Å². The second kappa shape index (κ2) is 8.00. The maximum Gasteiger partial charge on any atom is 0.328 e. The first-order chi connectivity index (χ1) is 9.91. The van der Waals surface area contributed by atoms with Crippen LogP contribution in [0.3, 0.4) is 0 Å². The Morgan fingerprint density at radius 2 is 1.76 bits per heavy atom. The van der Waals surface area contributed by atoms with Gasteiger partial charge in [-0.05, 0) is 26.7 Å². The van der Waals surface area contributed by atoms with E-state index in [1.807, 2.05) is 0 Å². The van der Waals surface area contributed by atoms with E-state index < -0.39 is 29.3 Å². The van der Waals surface area contributed by atoms with E-state index in [2.05, 4.69) is 5.32 Å². The number of amides is 1. The zero-order valence-corrected chi connectivity index (χ0v) is 12.8. The number of nitrogens with one attached hydrogen (secondary N) is 1. The van der Waals surface area contributed by atoms with E-state index in [-0.39, 0.29) is 13.0 Å². The first kappa shape index (κ1) is 17.5. The minimum atomic E-state index is -0.991. The van der Waals surface area contributed by atoms with Crippen molar-refractivity contribution in [2.45, 2.75) is 64.8 Å². The lowest BCUT2D eigenvalue weighted by atomic mass is 9.77. The molecule has 21 heavy (non-hydrogen) atoms. The monoisotopic (exact) mass is 299 g/mol. The van der Waals surface area contributed by atoms with E-state index in [0.29, 0.717) is 12.8 Å². The van der Waals surface area contributed by atoms with Crippen LogP contribution in [-0.4, -0.2) is 35.6 Å². The summed E-state index contributed by atoms with van der Waals surface area (Å²) in [7, 11) is 0. The van der Waals surface area contributed by atoms with E-state index in [0.717, 1.165) is 25.7 Å². The molecule has 1 saturated carbocycles. The first-order valence-electron chi connectivity index (χ1n) is 7.60. The van der Waals surface area contributed by atoms with Gasteiger partial charge in [-0.15, -0.1) is 0 Å². The van der Waals surface area contributed by atoms with Gasteiger partial charge >= 0.3 is 11.9 Å². The molecule has 2 N–H and O–H groups in total. The predicted octanol–water partition coefficient (Wildman–Crippen LogP) is 1.87. The Morgan fingerprint density at radius 3 is 2.24 bits per heavy atom. The lowest BCUT2D eigenvalue weighted by molar-refractivity contribution is -0.153. The van der Waals surface area contributed by atoms with Crippen LogP contribution in [-0.2, 0) is 19.1 Å². The first-order valence-corrected chi connectivity index (χ1v) is 7.60. The summed E-state index contributed by atoms with van der Waals surface area (Å²) in [6.45, 7) is 3.48. The molecule has 0 aromatic heterocycles. The van der Waals surface area contributed by atoms with Crippen LogP contribution in [0.5, 0.6) is 0 Å². The molecule has 1 atom stereocenters. The minimum absolute atomic E-state index is 0.0773. The molecule has 1 fully saturated rings. The fourth-order valence-electron chi connectivity index (χ4n) is 2.80. The second-order valence-electron chi connectivity index (χ2n) is 5.72. The number of esters is 1. The molecular weight excluding hydrogens is 274 g/mol. The summed E-state index contributed by atoms with van der Waals surface area (Å²) in [5.74, 6) is -1.82. The van der Waals surface area contributed by atoms with Crippen LogP contribution >= 0.6 is 0 Å². The molecule has 6 nitrogen and oxygen atoms in total. The summed E-state index contributed by atoms with van der Waals surface area (Å²) >= 11 is 0. The molecule has 120 valence electrons. The van der Waals surface area contributed by atoms with Crippen LogP contribution in [0, 0.1) is 5.41 Å². The third kappa shape index (κ3) is 5.02. The molecule has 0 aliphatic heterocycles. The Balaban J connectivity index is 2.64. The molecule has 1 aliphatic rings. The standard InChI is InChI=1S/C15H25NO5/c1-3-21-13(18)11(2)16-12(17)10-15(14(19)20)8-6-4-5-7-9-15/h11H,3-10H2,1-2H3,(H,16,17)(H,19,20). The third-order valence-corrected chi connectivity index (χ3v) is 4.03. The number of hydrogen-bond acceptors (Lipinski definition) is 4. The van der Waals surface area contributed by atoms with Gasteiger partial charge in [0.1, 0.15) is 6.04 Å². The molecule has 0 bridgehead atoms. The zero-order valence-electron chi connectivity index (χ0n) is 12.8. The van der Waals surface area contributed by atoms with Crippen molar-refractivity contribution in [1.82, 2.24) is 5.32 Å². The van der Waals surface area contributed by atoms with Crippen LogP contribution in [0.25, 0.3) is 0 Å². The van der Waals surface area contributed by atoms with Crippen LogP contribution in [0.1, 0.15) is 58.8 Å². The number of carboxylic acids is 1. The molecule has 0 heterocycles. The Kier molecular flexibility index (Phi) is 6.65. The largest absolute Gasteiger partial charge is 0.481 e. The molecule has 6 heteroatoms. The van der Waals surface area contributed by atoms with Crippen LogP contribution in [0.15, 0.2) is 0 Å². The number of carbonyl (C=O) groups excluding carboxylic acids is 2. The molecular formula is C15H25NO5. The summed E-state index contributed by atoms with van der Waals surface area (Å²) in [5, 5.41) is 12.1. The fraction of sp³-hybridized carbons (Fsp3) is 0.800. The van der Waals surface area contributed by atoms with Crippen molar-refractivity contribution in [2.75, 3.05) is 6.61 Å². The van der Waals surface area contributed by atoms with Gasteiger partial charge in [0, 0.05) is 6.42 Å². The van der Waals surface area contributed by atoms with Gasteiger partial charge in [-0.2, -0.15) is 0 Å². The number of hydrogen-bond donors (Lipinski definition) is 2. The second-order valence-corrected chi connectivity index (χ2v) is 5.72. The van der Waals surface area contributed by atoms with Gasteiger partial charge < -0.3 is 15.2 Å². The summed E-state index contributed by atoms with van der Waals surface area (Å²) < 4.78 is 4.82. The highest BCUT2D eigenvalue weighted by Crippen LogP contribution is 2.38. The topological polar surface area (TPSA) is 92.7 Å². The van der Waals surface area contributed by atoms with Crippen molar-refractivity contribution >= 4 is 17.8 Å². The minimum Gasteiger partial charge on any atom is -0.481 e. The van der Waals surface area contributed by atoms with Gasteiger partial charge in [0.05, 0.1) is 12.0 Å². The summed E-state index contributed by atoms with van der Waals surface area (Å²) in [6, 6.07) is -0.755. The summed E-state index contributed by atoms with van der Waals surface area (Å²) in [4.78, 5) is 35.2. The van der Waals surface area contributed by atoms with Crippen LogP contribution < -0.4 is 5.32 Å². The highest BCUT2D eigenvalue weighted by molar-refractivity contribution is 5.88. The normalized spacial score (nSPS) is 19.1. The Labute approximate surface area is 125 Å². The Hall–Kier alpha value is -1.59. The molecule has 0 saturated heterocycles. The molecule has 1 rings (SSSR count).